The quantitative estimate of drug-likeness (QED) is 0.0168. The van der Waals surface area contributed by atoms with Crippen LogP contribution in [-0.2, 0) is 38.4 Å². The second kappa shape index (κ2) is 46.4. The van der Waals surface area contributed by atoms with Crippen LogP contribution in [0.2, 0.25) is 0 Å². The van der Waals surface area contributed by atoms with Gasteiger partial charge in [-0.3, -0.25) is 75.6 Å². The highest BCUT2D eigenvalue weighted by Gasteiger charge is 2.34. The Morgan fingerprint density at radius 3 is 1.02 bits per heavy atom. The van der Waals surface area contributed by atoms with E-state index in [9.17, 15) is 43.2 Å². The fraction of sp³-hybridized carbons (Fsp3) is 0.596. The number of anilines is 1. The van der Waals surface area contributed by atoms with Crippen molar-refractivity contribution in [3.63, 3.8) is 0 Å². The number of nitrogen functional groups attached to an aromatic ring is 1. The topological polar surface area (TPSA) is 699 Å². The summed E-state index contributed by atoms with van der Waals surface area (Å²) in [7, 11) is 0. The number of amides is 9. The molecule has 542 valence electrons. The van der Waals surface area contributed by atoms with Crippen molar-refractivity contribution in [2.24, 2.45) is 45.9 Å². The van der Waals surface area contributed by atoms with Gasteiger partial charge in [-0.05, 0) is 134 Å². The zero-order chi connectivity index (χ0) is 72.4. The monoisotopic (exact) mass is 1450 g/mol. The maximum absolute atomic E-state index is 14.7. The standard InChI is InChI=1S/C57H102BrN29O9S/c58-31-20-21-40-32(30-31)42(60)43(97-40)51(96)74-23-5-1-2-19-41(88)81-34(13-6-24-75-52(62)63)45(90)83-36(15-8-26-77-54(66)67)47(92)85-38(17-10-28-79-56(70)71)49(94)87-39(18-11-29-80-57(72)73)50(95)86-37(16-9-27-78-55(68)69)48(93)84-35(14-7-25-76-53(64)65)46(91)82-33(44(61)89)12-3-4-22-59/h20-21,30,33-39H,1-19,22-29,59-60H2,(H2,61,89)(H,74,96)(H,81,88)(H,82,91)(H,83,90)(H,84,93)(H,85,92)(H,86,95)(H,87,94)(H4,62,63,75)(H4,64,65,76)(H4,66,67,77)(H4,68,69,78)(H4,70,71,79)(H4,72,73,80)/t33-,34-,35?,36?,37-,38-,39?/m1/s1. The predicted octanol–water partition coefficient (Wildman–Crippen LogP) is -4.88. The zero-order valence-electron chi connectivity index (χ0n) is 54.5. The van der Waals surface area contributed by atoms with Crippen LogP contribution in [-0.4, -0.2) is 184 Å². The normalized spacial score (nSPS) is 13.0. The summed E-state index contributed by atoms with van der Waals surface area (Å²) >= 11 is 4.70. The molecule has 1 aromatic heterocycles. The highest BCUT2D eigenvalue weighted by atomic mass is 79.9. The van der Waals surface area contributed by atoms with Crippen molar-refractivity contribution in [2.45, 2.75) is 164 Å². The summed E-state index contributed by atoms with van der Waals surface area (Å²) in [5, 5.41) is 83.8. The molecule has 3 unspecified atom stereocenters. The molecule has 1 heterocycles. The number of thiophene rings is 1. The number of guanidine groups is 6. The molecule has 0 saturated heterocycles. The van der Waals surface area contributed by atoms with Crippen molar-refractivity contribution in [2.75, 3.05) is 58.1 Å². The maximum Gasteiger partial charge on any atom is 0.263 e. The van der Waals surface area contributed by atoms with Crippen molar-refractivity contribution >= 4 is 132 Å². The van der Waals surface area contributed by atoms with Crippen LogP contribution in [0.4, 0.5) is 5.69 Å². The molecule has 38 nitrogen and oxygen atoms in total. The molecule has 0 aliphatic rings. The van der Waals surface area contributed by atoms with Gasteiger partial charge >= 0.3 is 0 Å². The third-order valence-electron chi connectivity index (χ3n) is 14.6. The smallest absolute Gasteiger partial charge is 0.263 e. The van der Waals surface area contributed by atoms with Gasteiger partial charge in [-0.15, -0.1) is 11.3 Å². The number of carbonyl (C=O) groups excluding carboxylic acids is 9. The lowest BCUT2D eigenvalue weighted by molar-refractivity contribution is -0.136. The molecule has 0 radical (unpaired) electrons. The van der Waals surface area contributed by atoms with E-state index in [0.717, 1.165) is 14.6 Å². The van der Waals surface area contributed by atoms with Crippen LogP contribution < -0.4 is 126 Å². The first-order valence-corrected chi connectivity index (χ1v) is 33.5. The van der Waals surface area contributed by atoms with Crippen molar-refractivity contribution in [3.05, 3.63) is 27.5 Å². The number of rotatable bonds is 49. The van der Waals surface area contributed by atoms with Gasteiger partial charge in [0.2, 0.25) is 47.3 Å². The summed E-state index contributed by atoms with van der Waals surface area (Å²) in [4.78, 5) is 126. The fourth-order valence-electron chi connectivity index (χ4n) is 9.59. The second-order valence-electron chi connectivity index (χ2n) is 22.6. The molecule has 40 heteroatoms. The van der Waals surface area contributed by atoms with Crippen LogP contribution in [0.5, 0.6) is 0 Å². The molecule has 0 fully saturated rings. The Balaban J connectivity index is 2.51. The van der Waals surface area contributed by atoms with Crippen LogP contribution in [0, 0.1) is 32.5 Å². The third-order valence-corrected chi connectivity index (χ3v) is 16.3. The summed E-state index contributed by atoms with van der Waals surface area (Å²) in [5.74, 6) is -9.16. The van der Waals surface area contributed by atoms with Crippen LogP contribution in [0.1, 0.15) is 132 Å². The van der Waals surface area contributed by atoms with E-state index in [2.05, 4.69) is 90.4 Å². The van der Waals surface area contributed by atoms with Gasteiger partial charge in [0.05, 0.1) is 5.69 Å². The number of fused-ring (bicyclic) bond motifs is 1. The minimum atomic E-state index is -1.50. The van der Waals surface area contributed by atoms with E-state index in [4.69, 9.17) is 84.1 Å². The molecule has 0 spiro atoms. The SMILES string of the molecule is N=C(N)NCCCC(NC(=O)[C@@H](CCCNC(=N)N)NC(=O)CCCCCNC(=O)c1sc2ccc(Br)cc2c1N)C(=O)N[C@H](CCCNC(=N)N)C(=O)NC(CCCNC(=N)N)C(=O)N[C@H](CCCNC(=N)N)C(=O)NC(CCCNC(=N)N)C(=O)N[C@H](CCCCN)C(N)=O. The molecule has 0 aliphatic carbocycles. The Kier molecular flexibility index (Phi) is 39.9. The molecule has 0 bridgehead atoms. The van der Waals surface area contributed by atoms with Gasteiger partial charge in [0.15, 0.2) is 35.8 Å². The van der Waals surface area contributed by atoms with Gasteiger partial charge in [-0.25, -0.2) is 0 Å². The number of hydrogen-bond acceptors (Lipinski definition) is 18. The van der Waals surface area contributed by atoms with Crippen molar-refractivity contribution in [3.8, 4) is 0 Å². The number of carbonyl (C=O) groups is 9. The Hall–Kier alpha value is -9.73. The summed E-state index contributed by atoms with van der Waals surface area (Å²) in [6.07, 6.45) is 2.58. The second-order valence-corrected chi connectivity index (χ2v) is 24.6. The summed E-state index contributed by atoms with van der Waals surface area (Å²) < 4.78 is 1.68. The average molecular weight is 1450 g/mol. The highest BCUT2D eigenvalue weighted by molar-refractivity contribution is 9.10. The van der Waals surface area contributed by atoms with Gasteiger partial charge in [0.1, 0.15) is 47.2 Å². The zero-order valence-corrected chi connectivity index (χ0v) is 56.9. The largest absolute Gasteiger partial charge is 0.397 e. The molecular formula is C57H102BrN29O9S. The number of primary amides is 1. The number of nitrogens with one attached hydrogen (secondary N) is 20. The first-order valence-electron chi connectivity index (χ1n) is 31.9. The Morgan fingerprint density at radius 2 is 0.701 bits per heavy atom. The number of nitrogens with two attached hydrogens (primary N) is 9. The minimum Gasteiger partial charge on any atom is -0.397 e. The molecular weight excluding hydrogens is 1350 g/mol. The predicted molar refractivity (Wildman–Crippen MR) is 375 cm³/mol. The van der Waals surface area contributed by atoms with E-state index < -0.39 is 101 Å². The Morgan fingerprint density at radius 1 is 0.392 bits per heavy atom. The summed E-state index contributed by atoms with van der Waals surface area (Å²) in [6, 6.07) is -4.04. The molecule has 38 N–H and O–H groups in total. The molecule has 1 aromatic carbocycles. The van der Waals surface area contributed by atoms with E-state index >= 15 is 0 Å². The molecule has 7 atom stereocenters. The first-order chi connectivity index (χ1) is 46.0. The Bertz CT molecular complexity index is 2990. The number of unbranched alkanes of at least 4 members (excludes halogenated alkanes) is 3. The minimum absolute atomic E-state index is 0.00249. The molecule has 9 amide bonds. The number of hydrogen-bond donors (Lipinski definition) is 29. The lowest BCUT2D eigenvalue weighted by Crippen LogP contribution is -2.60. The number of halogens is 1. The van der Waals surface area contributed by atoms with E-state index in [1.54, 1.807) is 0 Å². The molecule has 2 aromatic rings. The fourth-order valence-corrected chi connectivity index (χ4v) is 11.0. The highest BCUT2D eigenvalue weighted by Crippen LogP contribution is 2.35. The molecule has 0 aliphatic heterocycles. The number of benzene rings is 1. The van der Waals surface area contributed by atoms with Gasteiger partial charge < -0.3 is 126 Å². The summed E-state index contributed by atoms with van der Waals surface area (Å²) in [6.45, 7) is 1.02. The molecule has 97 heavy (non-hydrogen) atoms. The maximum atomic E-state index is 14.7. The van der Waals surface area contributed by atoms with Gasteiger partial charge in [-0.2, -0.15) is 0 Å². The average Bonchev–Trinajstić information content (AvgIpc) is 1.65. The Labute approximate surface area is 575 Å². The third kappa shape index (κ3) is 35.6. The first kappa shape index (κ1) is 83.4. The van der Waals surface area contributed by atoms with Gasteiger partial charge in [0, 0.05) is 66.8 Å². The van der Waals surface area contributed by atoms with Gasteiger partial charge in [-0.1, -0.05) is 22.4 Å². The van der Waals surface area contributed by atoms with Crippen LogP contribution in [0.25, 0.3) is 10.1 Å². The summed E-state index contributed by atoms with van der Waals surface area (Å²) in [5.41, 5.74) is 51.0. The van der Waals surface area contributed by atoms with Gasteiger partial charge in [0.25, 0.3) is 5.91 Å². The lowest BCUT2D eigenvalue weighted by Gasteiger charge is -2.28. The van der Waals surface area contributed by atoms with Crippen LogP contribution in [0.15, 0.2) is 22.7 Å². The van der Waals surface area contributed by atoms with Crippen molar-refractivity contribution in [1.29, 1.82) is 32.5 Å². The van der Waals surface area contributed by atoms with E-state index in [1.165, 1.54) is 11.3 Å². The molecule has 0 saturated carbocycles. The van der Waals surface area contributed by atoms with Crippen LogP contribution >= 0.6 is 27.3 Å². The van der Waals surface area contributed by atoms with E-state index in [1.807, 2.05) is 18.2 Å². The lowest BCUT2D eigenvalue weighted by atomic mass is 10.0. The molecule has 2 rings (SSSR count). The van der Waals surface area contributed by atoms with Crippen molar-refractivity contribution < 1.29 is 43.2 Å². The van der Waals surface area contributed by atoms with E-state index in [0.29, 0.717) is 55.8 Å². The van der Waals surface area contributed by atoms with E-state index in [-0.39, 0.29) is 159 Å². The van der Waals surface area contributed by atoms with Crippen LogP contribution in [0.3, 0.4) is 0 Å². The van der Waals surface area contributed by atoms with Crippen molar-refractivity contribution in [1.82, 2.24) is 74.4 Å².